The number of piperidine rings is 1. The predicted octanol–water partition coefficient (Wildman–Crippen LogP) is 2.45. The van der Waals surface area contributed by atoms with Gasteiger partial charge in [-0.2, -0.15) is 0 Å². The maximum atomic E-state index is 12.7. The summed E-state index contributed by atoms with van der Waals surface area (Å²) in [5, 5.41) is 12.4. The zero-order valence-corrected chi connectivity index (χ0v) is 15.5. The summed E-state index contributed by atoms with van der Waals surface area (Å²) in [6.45, 7) is 7.39. The maximum Gasteiger partial charge on any atom is 0.253 e. The first-order valence-electron chi connectivity index (χ1n) is 9.12. The normalized spacial score (nSPS) is 23.0. The summed E-state index contributed by atoms with van der Waals surface area (Å²) < 4.78 is 0. The lowest BCUT2D eigenvalue weighted by molar-refractivity contribution is -0.132. The Hall–Kier alpha value is -1.88. The minimum absolute atomic E-state index is 0.00416. The van der Waals surface area contributed by atoms with E-state index >= 15 is 0 Å². The molecule has 0 spiro atoms. The first-order valence-corrected chi connectivity index (χ1v) is 9.12. The lowest BCUT2D eigenvalue weighted by Gasteiger charge is -2.39. The van der Waals surface area contributed by atoms with Gasteiger partial charge < -0.3 is 15.3 Å². The summed E-state index contributed by atoms with van der Waals surface area (Å²) in [4.78, 5) is 27.2. The van der Waals surface area contributed by atoms with Gasteiger partial charge in [0.1, 0.15) is 0 Å². The summed E-state index contributed by atoms with van der Waals surface area (Å²) >= 11 is 0. The van der Waals surface area contributed by atoms with E-state index in [2.05, 4.69) is 5.32 Å². The molecule has 5 nitrogen and oxygen atoms in total. The number of aliphatic hydroxyl groups excluding tert-OH is 1. The van der Waals surface area contributed by atoms with E-state index in [1.165, 1.54) is 0 Å². The van der Waals surface area contributed by atoms with E-state index < -0.39 is 5.41 Å². The van der Waals surface area contributed by atoms with Crippen LogP contribution in [0.3, 0.4) is 0 Å². The number of nitrogens with zero attached hydrogens (tertiary/aromatic N) is 1. The van der Waals surface area contributed by atoms with Crippen molar-refractivity contribution in [3.05, 3.63) is 35.9 Å². The van der Waals surface area contributed by atoms with Crippen LogP contribution in [0.5, 0.6) is 0 Å². The first-order chi connectivity index (χ1) is 11.8. The van der Waals surface area contributed by atoms with Crippen LogP contribution in [0.1, 0.15) is 50.4 Å². The van der Waals surface area contributed by atoms with Crippen LogP contribution in [-0.4, -0.2) is 47.6 Å². The standard InChI is InChI=1S/C20H30N2O3/c1-15(12-16(2)23)13-21-19(25)20(3)10-7-11-22(14-20)18(24)17-8-5-4-6-9-17/h4-6,8-9,15-16,23H,7,10-14H2,1-3H3,(H,21,25). The van der Waals surface area contributed by atoms with Crippen molar-refractivity contribution in [1.82, 2.24) is 10.2 Å². The average Bonchev–Trinajstić information content (AvgIpc) is 2.59. The molecule has 3 unspecified atom stereocenters. The minimum atomic E-state index is -0.562. The summed E-state index contributed by atoms with van der Waals surface area (Å²) in [7, 11) is 0. The Morgan fingerprint density at radius 2 is 1.96 bits per heavy atom. The third kappa shape index (κ3) is 5.30. The molecule has 0 aromatic heterocycles. The molecule has 1 saturated heterocycles. The number of hydrogen-bond donors (Lipinski definition) is 2. The number of likely N-dealkylation sites (tertiary alicyclic amines) is 1. The number of benzene rings is 1. The van der Waals surface area contributed by atoms with E-state index in [-0.39, 0.29) is 23.8 Å². The number of hydrogen-bond acceptors (Lipinski definition) is 3. The van der Waals surface area contributed by atoms with Crippen LogP contribution in [0, 0.1) is 11.3 Å². The van der Waals surface area contributed by atoms with Gasteiger partial charge in [-0.1, -0.05) is 25.1 Å². The fourth-order valence-electron chi connectivity index (χ4n) is 3.51. The molecule has 3 atom stereocenters. The molecular formula is C20H30N2O3. The summed E-state index contributed by atoms with van der Waals surface area (Å²) in [5.74, 6) is 0.204. The topological polar surface area (TPSA) is 69.6 Å². The molecule has 2 N–H and O–H groups in total. The molecule has 1 heterocycles. The zero-order chi connectivity index (χ0) is 18.4. The molecule has 0 radical (unpaired) electrons. The number of carbonyl (C=O) groups is 2. The Bertz CT molecular complexity index is 588. The van der Waals surface area contributed by atoms with Crippen LogP contribution < -0.4 is 5.32 Å². The van der Waals surface area contributed by atoms with E-state index in [9.17, 15) is 14.7 Å². The number of carbonyl (C=O) groups excluding carboxylic acids is 2. The third-order valence-corrected chi connectivity index (χ3v) is 4.91. The highest BCUT2D eigenvalue weighted by atomic mass is 16.3. The lowest BCUT2D eigenvalue weighted by atomic mass is 9.80. The van der Waals surface area contributed by atoms with Gasteiger partial charge in [0.25, 0.3) is 5.91 Å². The Balaban J connectivity index is 1.96. The van der Waals surface area contributed by atoms with Gasteiger partial charge in [0, 0.05) is 25.2 Å². The second-order valence-corrected chi connectivity index (χ2v) is 7.66. The SMILES string of the molecule is CC(O)CC(C)CNC(=O)C1(C)CCCN(C(=O)c2ccccc2)C1. The fourth-order valence-corrected chi connectivity index (χ4v) is 3.51. The van der Waals surface area contributed by atoms with Gasteiger partial charge in [-0.3, -0.25) is 9.59 Å². The average molecular weight is 346 g/mol. The highest BCUT2D eigenvalue weighted by Gasteiger charge is 2.39. The summed E-state index contributed by atoms with van der Waals surface area (Å²) in [6, 6.07) is 9.22. The Morgan fingerprint density at radius 1 is 1.28 bits per heavy atom. The van der Waals surface area contributed by atoms with Crippen molar-refractivity contribution in [2.45, 2.75) is 46.1 Å². The van der Waals surface area contributed by atoms with Gasteiger partial charge in [0.2, 0.25) is 5.91 Å². The van der Waals surface area contributed by atoms with Gasteiger partial charge >= 0.3 is 0 Å². The molecule has 1 aliphatic heterocycles. The quantitative estimate of drug-likeness (QED) is 0.831. The molecule has 0 bridgehead atoms. The van der Waals surface area contributed by atoms with Gasteiger partial charge in [-0.05, 0) is 51.2 Å². The van der Waals surface area contributed by atoms with E-state index in [1.807, 2.05) is 44.2 Å². The van der Waals surface area contributed by atoms with Gasteiger partial charge in [-0.15, -0.1) is 0 Å². The van der Waals surface area contributed by atoms with Crippen LogP contribution in [-0.2, 0) is 4.79 Å². The van der Waals surface area contributed by atoms with Crippen LogP contribution in [0.2, 0.25) is 0 Å². The molecule has 1 aromatic rings. The van der Waals surface area contributed by atoms with Crippen LogP contribution in [0.4, 0.5) is 0 Å². The van der Waals surface area contributed by atoms with Crippen molar-refractivity contribution in [2.24, 2.45) is 11.3 Å². The Labute approximate surface area is 150 Å². The molecule has 2 rings (SSSR count). The van der Waals surface area contributed by atoms with Crippen molar-refractivity contribution in [3.8, 4) is 0 Å². The number of rotatable bonds is 6. The minimum Gasteiger partial charge on any atom is -0.393 e. The monoisotopic (exact) mass is 346 g/mol. The molecule has 1 aliphatic rings. The van der Waals surface area contributed by atoms with Gasteiger partial charge in [-0.25, -0.2) is 0 Å². The molecular weight excluding hydrogens is 316 g/mol. The van der Waals surface area contributed by atoms with E-state index in [4.69, 9.17) is 0 Å². The smallest absolute Gasteiger partial charge is 0.253 e. The third-order valence-electron chi connectivity index (χ3n) is 4.91. The van der Waals surface area contributed by atoms with Crippen molar-refractivity contribution >= 4 is 11.8 Å². The number of aliphatic hydroxyl groups is 1. The van der Waals surface area contributed by atoms with Crippen molar-refractivity contribution in [3.63, 3.8) is 0 Å². The maximum absolute atomic E-state index is 12.7. The zero-order valence-electron chi connectivity index (χ0n) is 15.5. The molecule has 25 heavy (non-hydrogen) atoms. The molecule has 0 saturated carbocycles. The second kappa shape index (κ2) is 8.48. The molecule has 1 aromatic carbocycles. The predicted molar refractivity (Wildman–Crippen MR) is 98.2 cm³/mol. The van der Waals surface area contributed by atoms with E-state index in [0.717, 1.165) is 12.8 Å². The Kier molecular flexibility index (Phi) is 6.59. The van der Waals surface area contributed by atoms with Crippen molar-refractivity contribution in [2.75, 3.05) is 19.6 Å². The number of amides is 2. The number of nitrogens with one attached hydrogen (secondary N) is 1. The summed E-state index contributed by atoms with van der Waals surface area (Å²) in [5.41, 5.74) is 0.102. The first kappa shape index (κ1) is 19.4. The molecule has 2 amide bonds. The lowest BCUT2D eigenvalue weighted by Crippen LogP contribution is -2.52. The van der Waals surface area contributed by atoms with Crippen molar-refractivity contribution in [1.29, 1.82) is 0 Å². The van der Waals surface area contributed by atoms with E-state index in [1.54, 1.807) is 11.8 Å². The molecule has 138 valence electrons. The largest absolute Gasteiger partial charge is 0.393 e. The Morgan fingerprint density at radius 3 is 2.60 bits per heavy atom. The van der Waals surface area contributed by atoms with Crippen LogP contribution >= 0.6 is 0 Å². The van der Waals surface area contributed by atoms with Crippen LogP contribution in [0.15, 0.2) is 30.3 Å². The van der Waals surface area contributed by atoms with Crippen molar-refractivity contribution < 1.29 is 14.7 Å². The van der Waals surface area contributed by atoms with Crippen LogP contribution in [0.25, 0.3) is 0 Å². The van der Waals surface area contributed by atoms with Gasteiger partial charge in [0.15, 0.2) is 0 Å². The molecule has 5 heteroatoms. The van der Waals surface area contributed by atoms with Gasteiger partial charge in [0.05, 0.1) is 11.5 Å². The molecule has 0 aliphatic carbocycles. The fraction of sp³-hybridized carbons (Fsp3) is 0.600. The highest BCUT2D eigenvalue weighted by molar-refractivity contribution is 5.95. The molecule has 1 fully saturated rings. The summed E-state index contributed by atoms with van der Waals surface area (Å²) in [6.07, 6.45) is 1.90. The highest BCUT2D eigenvalue weighted by Crippen LogP contribution is 2.30. The van der Waals surface area contributed by atoms with E-state index in [0.29, 0.717) is 31.6 Å². The second-order valence-electron chi connectivity index (χ2n) is 7.66.